The molecule has 1 atom stereocenters. The second kappa shape index (κ2) is 5.99. The molecular formula is C13H27N3. The summed E-state index contributed by atoms with van der Waals surface area (Å²) >= 11 is 0. The van der Waals surface area contributed by atoms with Crippen molar-refractivity contribution in [1.82, 2.24) is 15.1 Å². The molecule has 0 aromatic carbocycles. The fourth-order valence-corrected chi connectivity index (χ4v) is 2.54. The molecular weight excluding hydrogens is 198 g/mol. The van der Waals surface area contributed by atoms with Crippen LogP contribution < -0.4 is 5.32 Å². The zero-order valence-electron chi connectivity index (χ0n) is 10.9. The first-order valence-corrected chi connectivity index (χ1v) is 6.91. The normalized spacial score (nSPS) is 28.5. The number of piperazine rings is 1. The minimum atomic E-state index is 0.746. The molecule has 94 valence electrons. The maximum Gasteiger partial charge on any atom is 0.0195 e. The van der Waals surface area contributed by atoms with Gasteiger partial charge < -0.3 is 10.2 Å². The Morgan fingerprint density at radius 2 is 2.00 bits per heavy atom. The number of unbranched alkanes of at least 4 members (excludes halogenated alkanes) is 1. The van der Waals surface area contributed by atoms with Crippen molar-refractivity contribution >= 4 is 0 Å². The standard InChI is InChI=1S/C13H27N3/c1-12-11-15(2)9-10-16(12)8-4-3-7-14-13-5-6-13/h12-14H,3-11H2,1-2H3. The van der Waals surface area contributed by atoms with Gasteiger partial charge in [-0.3, -0.25) is 4.90 Å². The number of hydrogen-bond acceptors (Lipinski definition) is 3. The van der Waals surface area contributed by atoms with Crippen LogP contribution in [-0.4, -0.2) is 61.7 Å². The van der Waals surface area contributed by atoms with E-state index >= 15 is 0 Å². The maximum atomic E-state index is 3.59. The van der Waals surface area contributed by atoms with Crippen LogP contribution in [0.2, 0.25) is 0 Å². The molecule has 1 saturated carbocycles. The molecule has 2 aliphatic rings. The number of nitrogens with one attached hydrogen (secondary N) is 1. The predicted molar refractivity (Wildman–Crippen MR) is 68.8 cm³/mol. The van der Waals surface area contributed by atoms with Crippen LogP contribution in [0.1, 0.15) is 32.6 Å². The molecule has 1 N–H and O–H groups in total. The summed E-state index contributed by atoms with van der Waals surface area (Å²) in [6.45, 7) is 8.62. The molecule has 1 unspecified atom stereocenters. The van der Waals surface area contributed by atoms with Gasteiger partial charge >= 0.3 is 0 Å². The van der Waals surface area contributed by atoms with E-state index in [0.29, 0.717) is 0 Å². The molecule has 2 fully saturated rings. The first-order valence-electron chi connectivity index (χ1n) is 6.91. The lowest BCUT2D eigenvalue weighted by atomic mass is 10.2. The SMILES string of the molecule is CC1CN(C)CCN1CCCCNC1CC1. The Kier molecular flexibility index (Phi) is 4.62. The van der Waals surface area contributed by atoms with Crippen LogP contribution in [0, 0.1) is 0 Å². The smallest absolute Gasteiger partial charge is 0.0195 e. The summed E-state index contributed by atoms with van der Waals surface area (Å²) in [5.74, 6) is 0. The molecule has 1 aliphatic heterocycles. The third-order valence-corrected chi connectivity index (χ3v) is 3.85. The highest BCUT2D eigenvalue weighted by Gasteiger charge is 2.21. The summed E-state index contributed by atoms with van der Waals surface area (Å²) in [6.07, 6.45) is 5.52. The van der Waals surface area contributed by atoms with Crippen molar-refractivity contribution in [2.75, 3.05) is 39.8 Å². The molecule has 1 aliphatic carbocycles. The van der Waals surface area contributed by atoms with Gasteiger partial charge in [-0.15, -0.1) is 0 Å². The summed E-state index contributed by atoms with van der Waals surface area (Å²) in [5.41, 5.74) is 0. The van der Waals surface area contributed by atoms with E-state index in [0.717, 1.165) is 12.1 Å². The number of likely N-dealkylation sites (N-methyl/N-ethyl adjacent to an activating group) is 1. The lowest BCUT2D eigenvalue weighted by Crippen LogP contribution is -2.50. The molecule has 0 bridgehead atoms. The molecule has 1 saturated heterocycles. The predicted octanol–water partition coefficient (Wildman–Crippen LogP) is 1.15. The molecule has 0 radical (unpaired) electrons. The van der Waals surface area contributed by atoms with Gasteiger partial charge in [-0.2, -0.15) is 0 Å². The van der Waals surface area contributed by atoms with Crippen LogP contribution >= 0.6 is 0 Å². The summed E-state index contributed by atoms with van der Waals surface area (Å²) in [6, 6.07) is 1.62. The van der Waals surface area contributed by atoms with E-state index in [9.17, 15) is 0 Å². The van der Waals surface area contributed by atoms with E-state index in [2.05, 4.69) is 29.1 Å². The molecule has 1 heterocycles. The van der Waals surface area contributed by atoms with E-state index in [1.165, 1.54) is 58.4 Å². The Hall–Kier alpha value is -0.120. The van der Waals surface area contributed by atoms with Crippen molar-refractivity contribution < 1.29 is 0 Å². The molecule has 0 amide bonds. The Morgan fingerprint density at radius 3 is 2.69 bits per heavy atom. The van der Waals surface area contributed by atoms with Gasteiger partial charge in [0.1, 0.15) is 0 Å². The maximum absolute atomic E-state index is 3.59. The average Bonchev–Trinajstić information content (AvgIpc) is 3.04. The third-order valence-electron chi connectivity index (χ3n) is 3.85. The van der Waals surface area contributed by atoms with Crippen LogP contribution in [0.25, 0.3) is 0 Å². The highest BCUT2D eigenvalue weighted by atomic mass is 15.3. The lowest BCUT2D eigenvalue weighted by molar-refractivity contribution is 0.0986. The molecule has 0 aromatic heterocycles. The van der Waals surface area contributed by atoms with Crippen molar-refractivity contribution in [3.8, 4) is 0 Å². The van der Waals surface area contributed by atoms with Gasteiger partial charge in [0.25, 0.3) is 0 Å². The number of nitrogens with zero attached hydrogens (tertiary/aromatic N) is 2. The molecule has 3 nitrogen and oxygen atoms in total. The molecule has 3 heteroatoms. The topological polar surface area (TPSA) is 18.5 Å². The van der Waals surface area contributed by atoms with Crippen molar-refractivity contribution in [2.24, 2.45) is 0 Å². The Balaban J connectivity index is 1.51. The van der Waals surface area contributed by atoms with Crippen LogP contribution in [0.5, 0.6) is 0 Å². The largest absolute Gasteiger partial charge is 0.314 e. The Bertz CT molecular complexity index is 203. The van der Waals surface area contributed by atoms with Crippen molar-refractivity contribution in [2.45, 2.75) is 44.7 Å². The fraction of sp³-hybridized carbons (Fsp3) is 1.00. The zero-order valence-corrected chi connectivity index (χ0v) is 10.9. The van der Waals surface area contributed by atoms with Crippen molar-refractivity contribution in [3.63, 3.8) is 0 Å². The second-order valence-corrected chi connectivity index (χ2v) is 5.58. The van der Waals surface area contributed by atoms with Gasteiger partial charge in [0, 0.05) is 31.7 Å². The van der Waals surface area contributed by atoms with Crippen LogP contribution in [0.3, 0.4) is 0 Å². The Morgan fingerprint density at radius 1 is 1.19 bits per heavy atom. The number of hydrogen-bond donors (Lipinski definition) is 1. The van der Waals surface area contributed by atoms with Gasteiger partial charge in [0.2, 0.25) is 0 Å². The minimum absolute atomic E-state index is 0.746. The minimum Gasteiger partial charge on any atom is -0.314 e. The van der Waals surface area contributed by atoms with Gasteiger partial charge in [-0.1, -0.05) is 0 Å². The van der Waals surface area contributed by atoms with Crippen LogP contribution in [0.15, 0.2) is 0 Å². The Labute approximate surface area is 100 Å². The first kappa shape index (κ1) is 12.3. The van der Waals surface area contributed by atoms with Crippen LogP contribution in [0.4, 0.5) is 0 Å². The van der Waals surface area contributed by atoms with E-state index in [4.69, 9.17) is 0 Å². The summed E-state index contributed by atoms with van der Waals surface area (Å²) in [4.78, 5) is 5.09. The number of rotatable bonds is 6. The summed E-state index contributed by atoms with van der Waals surface area (Å²) in [5, 5.41) is 3.59. The van der Waals surface area contributed by atoms with Gasteiger partial charge in [0.05, 0.1) is 0 Å². The third kappa shape index (κ3) is 4.04. The van der Waals surface area contributed by atoms with E-state index in [1.54, 1.807) is 0 Å². The molecule has 0 spiro atoms. The van der Waals surface area contributed by atoms with E-state index in [1.807, 2.05) is 0 Å². The summed E-state index contributed by atoms with van der Waals surface area (Å²) < 4.78 is 0. The molecule has 0 aromatic rings. The summed E-state index contributed by atoms with van der Waals surface area (Å²) in [7, 11) is 2.23. The zero-order chi connectivity index (χ0) is 11.4. The average molecular weight is 225 g/mol. The monoisotopic (exact) mass is 225 g/mol. The lowest BCUT2D eigenvalue weighted by Gasteiger charge is -2.38. The quantitative estimate of drug-likeness (QED) is 0.684. The fourth-order valence-electron chi connectivity index (χ4n) is 2.54. The van der Waals surface area contributed by atoms with Crippen molar-refractivity contribution in [1.29, 1.82) is 0 Å². The van der Waals surface area contributed by atoms with E-state index in [-0.39, 0.29) is 0 Å². The first-order chi connectivity index (χ1) is 7.75. The van der Waals surface area contributed by atoms with Crippen LogP contribution in [-0.2, 0) is 0 Å². The van der Waals surface area contributed by atoms with Gasteiger partial charge in [-0.05, 0) is 52.7 Å². The van der Waals surface area contributed by atoms with Gasteiger partial charge in [-0.25, -0.2) is 0 Å². The van der Waals surface area contributed by atoms with E-state index < -0.39 is 0 Å². The molecule has 2 rings (SSSR count). The highest BCUT2D eigenvalue weighted by Crippen LogP contribution is 2.18. The molecule has 16 heavy (non-hydrogen) atoms. The van der Waals surface area contributed by atoms with Crippen molar-refractivity contribution in [3.05, 3.63) is 0 Å². The van der Waals surface area contributed by atoms with Gasteiger partial charge in [0.15, 0.2) is 0 Å². The second-order valence-electron chi connectivity index (χ2n) is 5.58. The highest BCUT2D eigenvalue weighted by molar-refractivity contribution is 4.81.